The molecule has 1 aliphatic carbocycles. The summed E-state index contributed by atoms with van der Waals surface area (Å²) in [5.74, 6) is 0.775. The Morgan fingerprint density at radius 2 is 1.51 bits per heavy atom. The summed E-state index contributed by atoms with van der Waals surface area (Å²) in [6.07, 6.45) is 15.2. The maximum atomic E-state index is 13.2. The monoisotopic (exact) mass is 548 g/mol. The number of likely N-dealkylation sites (tertiary alicyclic amines) is 2. The number of amides is 3. The van der Waals surface area contributed by atoms with Gasteiger partial charge >= 0.3 is 0 Å². The van der Waals surface area contributed by atoms with Crippen molar-refractivity contribution in [3.8, 4) is 0 Å². The van der Waals surface area contributed by atoms with Crippen LogP contribution in [0.4, 0.5) is 0 Å². The van der Waals surface area contributed by atoms with E-state index in [9.17, 15) is 14.4 Å². The minimum absolute atomic E-state index is 0.0278. The van der Waals surface area contributed by atoms with E-state index >= 15 is 0 Å². The lowest BCUT2D eigenvalue weighted by molar-refractivity contribution is -0.134. The molecule has 2 saturated heterocycles. The molecule has 7 nitrogen and oxygen atoms in total. The van der Waals surface area contributed by atoms with Crippen LogP contribution in [0.2, 0.25) is 0 Å². The zero-order valence-electron chi connectivity index (χ0n) is 26.5. The van der Waals surface area contributed by atoms with Gasteiger partial charge in [0.2, 0.25) is 18.2 Å². The van der Waals surface area contributed by atoms with Crippen LogP contribution in [0.3, 0.4) is 0 Å². The molecular weight excluding hydrogens is 488 g/mol. The highest BCUT2D eigenvalue weighted by molar-refractivity contribution is 5.93. The maximum absolute atomic E-state index is 13.2. The molecule has 7 heteroatoms. The van der Waals surface area contributed by atoms with Crippen molar-refractivity contribution >= 4 is 18.2 Å². The van der Waals surface area contributed by atoms with E-state index in [1.807, 2.05) is 26.8 Å². The highest BCUT2D eigenvalue weighted by atomic mass is 16.2. The number of carbonyl (C=O) groups is 3. The number of likely N-dealkylation sites (N-methyl/N-ethyl adjacent to an activating group) is 1. The Hall–Kier alpha value is -1.89. The first-order chi connectivity index (χ1) is 18.6. The van der Waals surface area contributed by atoms with Gasteiger partial charge in [-0.2, -0.15) is 0 Å². The number of hydrogen-bond acceptors (Lipinski definition) is 4. The second-order valence-electron chi connectivity index (χ2n) is 12.2. The average Bonchev–Trinajstić information content (AvgIpc) is 2.94. The summed E-state index contributed by atoms with van der Waals surface area (Å²) in [4.78, 5) is 42.2. The molecule has 0 radical (unpaired) electrons. The molecule has 3 atom stereocenters. The van der Waals surface area contributed by atoms with E-state index in [4.69, 9.17) is 0 Å². The SMILES string of the molecule is C/C(=C\[C@H](C(C)C)N(C)C(=O)CNC=O)C(=O)N1CCCC2CCCCC21.CC(C)N1CCCCC1.CCC. The summed E-state index contributed by atoms with van der Waals surface area (Å²) >= 11 is 0. The normalized spacial score (nSPS) is 22.5. The molecule has 0 aromatic carbocycles. The highest BCUT2D eigenvalue weighted by Crippen LogP contribution is 2.36. The van der Waals surface area contributed by atoms with E-state index in [-0.39, 0.29) is 30.3 Å². The number of piperidine rings is 2. The Morgan fingerprint density at radius 1 is 0.923 bits per heavy atom. The summed E-state index contributed by atoms with van der Waals surface area (Å²) in [5.41, 5.74) is 0.711. The van der Waals surface area contributed by atoms with Crippen molar-refractivity contribution < 1.29 is 14.4 Å². The number of nitrogens with one attached hydrogen (secondary N) is 1. The van der Waals surface area contributed by atoms with Crippen LogP contribution >= 0.6 is 0 Å². The number of nitrogens with zero attached hydrogens (tertiary/aromatic N) is 3. The summed E-state index contributed by atoms with van der Waals surface area (Å²) in [7, 11) is 1.73. The first-order valence-electron chi connectivity index (χ1n) is 15.7. The predicted molar refractivity (Wildman–Crippen MR) is 162 cm³/mol. The molecule has 0 aromatic rings. The van der Waals surface area contributed by atoms with Crippen LogP contribution in [-0.2, 0) is 14.4 Å². The van der Waals surface area contributed by atoms with Crippen molar-refractivity contribution in [3.05, 3.63) is 11.6 Å². The van der Waals surface area contributed by atoms with E-state index in [0.717, 1.165) is 25.4 Å². The van der Waals surface area contributed by atoms with Crippen molar-refractivity contribution in [2.45, 2.75) is 131 Å². The predicted octanol–water partition coefficient (Wildman–Crippen LogP) is 5.64. The highest BCUT2D eigenvalue weighted by Gasteiger charge is 2.36. The molecule has 0 aromatic heterocycles. The molecule has 0 bridgehead atoms. The molecule has 3 rings (SSSR count). The molecule has 0 spiro atoms. The van der Waals surface area contributed by atoms with Crippen LogP contribution in [0.1, 0.15) is 113 Å². The van der Waals surface area contributed by atoms with Gasteiger partial charge in [0, 0.05) is 31.2 Å². The third kappa shape index (κ3) is 12.0. The van der Waals surface area contributed by atoms with Crippen LogP contribution < -0.4 is 5.32 Å². The minimum atomic E-state index is -0.179. The molecule has 3 aliphatic rings. The molecule has 3 amide bonds. The summed E-state index contributed by atoms with van der Waals surface area (Å²) in [6, 6.07) is 0.976. The van der Waals surface area contributed by atoms with Gasteiger partial charge in [0.1, 0.15) is 0 Å². The fourth-order valence-corrected chi connectivity index (χ4v) is 6.04. The number of hydrogen-bond donors (Lipinski definition) is 1. The van der Waals surface area contributed by atoms with Crippen LogP contribution in [0.5, 0.6) is 0 Å². The molecule has 2 heterocycles. The quantitative estimate of drug-likeness (QED) is 0.315. The fourth-order valence-electron chi connectivity index (χ4n) is 6.04. The average molecular weight is 549 g/mol. The van der Waals surface area contributed by atoms with Crippen molar-refractivity contribution in [1.82, 2.24) is 20.0 Å². The van der Waals surface area contributed by atoms with Crippen molar-refractivity contribution in [2.75, 3.05) is 33.2 Å². The molecule has 3 fully saturated rings. The van der Waals surface area contributed by atoms with Gasteiger partial charge in [0.15, 0.2) is 0 Å². The van der Waals surface area contributed by atoms with Crippen molar-refractivity contribution in [1.29, 1.82) is 0 Å². The summed E-state index contributed by atoms with van der Waals surface area (Å²) in [5, 5.41) is 2.41. The first-order valence-corrected chi connectivity index (χ1v) is 15.7. The number of fused-ring (bicyclic) bond motifs is 1. The summed E-state index contributed by atoms with van der Waals surface area (Å²) in [6.45, 7) is 18.2. The Kier molecular flexibility index (Phi) is 17.3. The zero-order chi connectivity index (χ0) is 29.4. The summed E-state index contributed by atoms with van der Waals surface area (Å²) < 4.78 is 0. The third-order valence-electron chi connectivity index (χ3n) is 8.24. The van der Waals surface area contributed by atoms with E-state index in [1.54, 1.807) is 11.9 Å². The Bertz CT molecular complexity index is 744. The smallest absolute Gasteiger partial charge is 0.249 e. The van der Waals surface area contributed by atoms with Gasteiger partial charge < -0.3 is 20.0 Å². The fraction of sp³-hybridized carbons (Fsp3) is 0.844. The van der Waals surface area contributed by atoms with Gasteiger partial charge in [-0.3, -0.25) is 14.4 Å². The van der Waals surface area contributed by atoms with Gasteiger partial charge in [-0.1, -0.05) is 59.5 Å². The van der Waals surface area contributed by atoms with E-state index in [2.05, 4.69) is 42.8 Å². The Labute approximate surface area is 240 Å². The number of carbonyl (C=O) groups excluding carboxylic acids is 3. The van der Waals surface area contributed by atoms with Gasteiger partial charge in [-0.15, -0.1) is 0 Å². The molecule has 1 saturated carbocycles. The Balaban J connectivity index is 0.000000524. The lowest BCUT2D eigenvalue weighted by Crippen LogP contribution is -2.50. The second-order valence-corrected chi connectivity index (χ2v) is 12.2. The van der Waals surface area contributed by atoms with Gasteiger partial charge in [0.25, 0.3) is 0 Å². The first kappa shape index (κ1) is 35.1. The zero-order valence-corrected chi connectivity index (χ0v) is 26.5. The molecule has 39 heavy (non-hydrogen) atoms. The molecule has 1 N–H and O–H groups in total. The van der Waals surface area contributed by atoms with Gasteiger partial charge in [0.05, 0.1) is 12.6 Å². The molecule has 226 valence electrons. The second kappa shape index (κ2) is 19.2. The lowest BCUT2D eigenvalue weighted by atomic mass is 9.78. The number of rotatable bonds is 8. The van der Waals surface area contributed by atoms with Crippen molar-refractivity contribution in [2.24, 2.45) is 11.8 Å². The van der Waals surface area contributed by atoms with E-state index < -0.39 is 0 Å². The molecule has 2 aliphatic heterocycles. The lowest BCUT2D eigenvalue weighted by Gasteiger charge is -2.44. The largest absolute Gasteiger partial charge is 0.350 e. The van der Waals surface area contributed by atoms with Gasteiger partial charge in [-0.05, 0) is 84.2 Å². The topological polar surface area (TPSA) is 73.0 Å². The van der Waals surface area contributed by atoms with Gasteiger partial charge in [-0.25, -0.2) is 0 Å². The van der Waals surface area contributed by atoms with E-state index in [1.165, 1.54) is 64.5 Å². The van der Waals surface area contributed by atoms with Crippen LogP contribution in [0, 0.1) is 11.8 Å². The van der Waals surface area contributed by atoms with Crippen LogP contribution in [0.25, 0.3) is 0 Å². The van der Waals surface area contributed by atoms with Crippen LogP contribution in [-0.4, -0.2) is 84.3 Å². The Morgan fingerprint density at radius 3 is 2.05 bits per heavy atom. The molecular formula is C32H60N4O3. The molecule has 2 unspecified atom stereocenters. The third-order valence-corrected chi connectivity index (χ3v) is 8.24. The minimum Gasteiger partial charge on any atom is -0.350 e. The van der Waals surface area contributed by atoms with Crippen LogP contribution in [0.15, 0.2) is 11.6 Å². The maximum Gasteiger partial charge on any atom is 0.249 e. The van der Waals surface area contributed by atoms with Crippen molar-refractivity contribution in [3.63, 3.8) is 0 Å². The van der Waals surface area contributed by atoms with E-state index in [0.29, 0.717) is 23.9 Å². The standard InChI is InChI=1S/C21H35N3O3.C8H17N.C3H8/c1-15(2)19(23(4)20(26)13-22-14-25)12-16(3)21(27)24-11-7-9-17-8-5-6-10-18(17)24;1-8(2)9-6-4-3-5-7-9;1-3-2/h12,14-15,17-19H,5-11,13H2,1-4H3,(H,22,25);8H,3-7H2,1-2H3;3H2,1-2H3/b16-12+;;/t17?,18?,19-;;/m1../s1.